The first kappa shape index (κ1) is 11.4. The van der Waals surface area contributed by atoms with Crippen molar-refractivity contribution in [2.75, 3.05) is 13.7 Å². The maximum Gasteiger partial charge on any atom is 0.135 e. The normalized spacial score (nSPS) is 26.2. The van der Waals surface area contributed by atoms with Crippen molar-refractivity contribution in [3.05, 3.63) is 12.2 Å². The van der Waals surface area contributed by atoms with E-state index in [0.717, 1.165) is 13.0 Å². The molecule has 0 amide bonds. The summed E-state index contributed by atoms with van der Waals surface area (Å²) < 4.78 is 5.38. The molecule has 1 heterocycles. The minimum atomic E-state index is -0.0524. The molecule has 1 rings (SSSR count). The quantitative estimate of drug-likeness (QED) is 0.687. The fourth-order valence-corrected chi connectivity index (χ4v) is 1.91. The Kier molecular flexibility index (Phi) is 3.84. The number of carbonyl (C=O) groups excluding carboxylic acids is 1. The van der Waals surface area contributed by atoms with Crippen molar-refractivity contribution in [1.29, 1.82) is 0 Å². The topological polar surface area (TPSA) is 38.3 Å². The molecule has 0 spiro atoms. The van der Waals surface area contributed by atoms with Crippen LogP contribution in [0, 0.1) is 5.92 Å². The molecule has 0 aromatic rings. The first-order valence-corrected chi connectivity index (χ1v) is 4.99. The largest absolute Gasteiger partial charge is 0.379 e. The Labute approximate surface area is 85.5 Å². The van der Waals surface area contributed by atoms with Gasteiger partial charge in [-0.2, -0.15) is 0 Å². The van der Waals surface area contributed by atoms with E-state index in [1.807, 2.05) is 6.92 Å². The van der Waals surface area contributed by atoms with Gasteiger partial charge in [0.05, 0.1) is 6.10 Å². The van der Waals surface area contributed by atoms with Crippen LogP contribution in [0.3, 0.4) is 0 Å². The number of hydrogen-bond donors (Lipinski definition) is 1. The van der Waals surface area contributed by atoms with Gasteiger partial charge in [0.2, 0.25) is 0 Å². The SMILES string of the molecule is C=C1CNC(C(OC)C(C)C(C)=O)C1. The second kappa shape index (κ2) is 4.71. The molecule has 3 atom stereocenters. The number of carbonyl (C=O) groups is 1. The summed E-state index contributed by atoms with van der Waals surface area (Å²) in [5, 5.41) is 3.32. The first-order valence-electron chi connectivity index (χ1n) is 4.99. The molecule has 0 aromatic heterocycles. The zero-order valence-electron chi connectivity index (χ0n) is 9.17. The van der Waals surface area contributed by atoms with Crippen LogP contribution in [0.5, 0.6) is 0 Å². The van der Waals surface area contributed by atoms with E-state index in [9.17, 15) is 4.79 Å². The van der Waals surface area contributed by atoms with Crippen LogP contribution in [-0.2, 0) is 9.53 Å². The van der Waals surface area contributed by atoms with E-state index >= 15 is 0 Å². The van der Waals surface area contributed by atoms with Gasteiger partial charge in [-0.15, -0.1) is 0 Å². The van der Waals surface area contributed by atoms with Crippen LogP contribution in [0.25, 0.3) is 0 Å². The van der Waals surface area contributed by atoms with Crippen LogP contribution < -0.4 is 5.32 Å². The van der Waals surface area contributed by atoms with Crippen LogP contribution >= 0.6 is 0 Å². The number of rotatable bonds is 4. The third-order valence-corrected chi connectivity index (χ3v) is 2.93. The molecule has 0 aliphatic carbocycles. The maximum atomic E-state index is 11.3. The van der Waals surface area contributed by atoms with E-state index in [1.165, 1.54) is 5.57 Å². The fourth-order valence-electron chi connectivity index (χ4n) is 1.91. The summed E-state index contributed by atoms with van der Waals surface area (Å²) in [6.07, 6.45) is 0.877. The zero-order chi connectivity index (χ0) is 10.7. The molecule has 3 heteroatoms. The molecule has 3 unspecified atom stereocenters. The molecule has 1 aliphatic rings. The smallest absolute Gasteiger partial charge is 0.135 e. The van der Waals surface area contributed by atoms with Gasteiger partial charge in [0.1, 0.15) is 5.78 Å². The van der Waals surface area contributed by atoms with Crippen LogP contribution in [0.1, 0.15) is 20.3 Å². The molecule has 0 radical (unpaired) electrons. The first-order chi connectivity index (χ1) is 6.56. The Morgan fingerprint density at radius 1 is 1.71 bits per heavy atom. The Morgan fingerprint density at radius 3 is 2.71 bits per heavy atom. The summed E-state index contributed by atoms with van der Waals surface area (Å²) in [5.41, 5.74) is 1.19. The minimum absolute atomic E-state index is 0.0354. The van der Waals surface area contributed by atoms with Crippen LogP contribution in [0.15, 0.2) is 12.2 Å². The highest BCUT2D eigenvalue weighted by atomic mass is 16.5. The summed E-state index contributed by atoms with van der Waals surface area (Å²) in [6, 6.07) is 0.242. The van der Waals surface area contributed by atoms with Gasteiger partial charge in [0.15, 0.2) is 0 Å². The van der Waals surface area contributed by atoms with E-state index in [2.05, 4.69) is 11.9 Å². The standard InChI is InChI=1S/C11H19NO2/c1-7-5-10(12-6-7)11(14-4)8(2)9(3)13/h8,10-12H,1,5-6H2,2-4H3. The van der Waals surface area contributed by atoms with Crippen molar-refractivity contribution in [2.45, 2.75) is 32.4 Å². The average molecular weight is 197 g/mol. The van der Waals surface area contributed by atoms with Gasteiger partial charge in [-0.1, -0.05) is 19.1 Å². The number of nitrogens with one attached hydrogen (secondary N) is 1. The summed E-state index contributed by atoms with van der Waals surface area (Å²) >= 11 is 0. The number of methoxy groups -OCH3 is 1. The molecule has 3 nitrogen and oxygen atoms in total. The number of hydrogen-bond acceptors (Lipinski definition) is 3. The van der Waals surface area contributed by atoms with Crippen molar-refractivity contribution in [2.24, 2.45) is 5.92 Å². The van der Waals surface area contributed by atoms with Crippen LogP contribution in [-0.4, -0.2) is 31.6 Å². The van der Waals surface area contributed by atoms with Gasteiger partial charge in [-0.25, -0.2) is 0 Å². The van der Waals surface area contributed by atoms with E-state index in [1.54, 1.807) is 14.0 Å². The van der Waals surface area contributed by atoms with Gasteiger partial charge in [-0.05, 0) is 13.3 Å². The monoisotopic (exact) mass is 197 g/mol. The van der Waals surface area contributed by atoms with Crippen molar-refractivity contribution < 1.29 is 9.53 Å². The minimum Gasteiger partial charge on any atom is -0.379 e. The van der Waals surface area contributed by atoms with Crippen molar-refractivity contribution in [3.63, 3.8) is 0 Å². The van der Waals surface area contributed by atoms with E-state index in [0.29, 0.717) is 0 Å². The maximum absolute atomic E-state index is 11.3. The number of ether oxygens (including phenoxy) is 1. The molecular weight excluding hydrogens is 178 g/mol. The van der Waals surface area contributed by atoms with Gasteiger partial charge >= 0.3 is 0 Å². The third-order valence-electron chi connectivity index (χ3n) is 2.93. The zero-order valence-corrected chi connectivity index (χ0v) is 9.17. The summed E-state index contributed by atoms with van der Waals surface area (Å²) in [5.74, 6) is 0.125. The van der Waals surface area contributed by atoms with Crippen molar-refractivity contribution in [3.8, 4) is 0 Å². The lowest BCUT2D eigenvalue weighted by Crippen LogP contribution is -2.42. The van der Waals surface area contributed by atoms with Gasteiger partial charge < -0.3 is 10.1 Å². The van der Waals surface area contributed by atoms with Crippen LogP contribution in [0.4, 0.5) is 0 Å². The van der Waals surface area contributed by atoms with Gasteiger partial charge in [0.25, 0.3) is 0 Å². The molecule has 1 N–H and O–H groups in total. The second-order valence-corrected chi connectivity index (χ2v) is 4.04. The predicted octanol–water partition coefficient (Wildman–Crippen LogP) is 1.14. The lowest BCUT2D eigenvalue weighted by Gasteiger charge is -2.26. The molecule has 1 saturated heterocycles. The molecule has 1 aliphatic heterocycles. The lowest BCUT2D eigenvalue weighted by atomic mass is 9.93. The summed E-state index contributed by atoms with van der Waals surface area (Å²) in [6.45, 7) is 8.29. The Bertz CT molecular complexity index is 237. The van der Waals surface area contributed by atoms with Crippen LogP contribution in [0.2, 0.25) is 0 Å². The van der Waals surface area contributed by atoms with Crippen molar-refractivity contribution in [1.82, 2.24) is 5.32 Å². The molecular formula is C11H19NO2. The Morgan fingerprint density at radius 2 is 2.36 bits per heavy atom. The average Bonchev–Trinajstić information content (AvgIpc) is 2.53. The van der Waals surface area contributed by atoms with Gasteiger partial charge in [-0.3, -0.25) is 4.79 Å². The van der Waals surface area contributed by atoms with E-state index in [-0.39, 0.29) is 23.8 Å². The number of Topliss-reactive ketones (excluding diaryl/α,β-unsaturated/α-hetero) is 1. The van der Waals surface area contributed by atoms with E-state index < -0.39 is 0 Å². The van der Waals surface area contributed by atoms with E-state index in [4.69, 9.17) is 4.74 Å². The third kappa shape index (κ3) is 2.42. The lowest BCUT2D eigenvalue weighted by molar-refractivity contribution is -0.125. The number of ketones is 1. The fraction of sp³-hybridized carbons (Fsp3) is 0.727. The van der Waals surface area contributed by atoms with Crippen molar-refractivity contribution >= 4 is 5.78 Å². The molecule has 14 heavy (non-hydrogen) atoms. The molecule has 0 aromatic carbocycles. The summed E-state index contributed by atoms with van der Waals surface area (Å²) in [7, 11) is 1.66. The summed E-state index contributed by atoms with van der Waals surface area (Å²) in [4.78, 5) is 11.3. The Balaban J connectivity index is 2.62. The molecule has 80 valence electrons. The molecule has 1 fully saturated rings. The molecule has 0 bridgehead atoms. The highest BCUT2D eigenvalue weighted by molar-refractivity contribution is 5.78. The predicted molar refractivity (Wildman–Crippen MR) is 56.2 cm³/mol. The highest BCUT2D eigenvalue weighted by Crippen LogP contribution is 2.21. The second-order valence-electron chi connectivity index (χ2n) is 4.04. The highest BCUT2D eigenvalue weighted by Gasteiger charge is 2.32. The molecule has 0 saturated carbocycles. The Hall–Kier alpha value is -0.670. The van der Waals surface area contributed by atoms with Gasteiger partial charge in [0, 0.05) is 25.6 Å².